The molecule has 1 aliphatic heterocycles. The van der Waals surface area contributed by atoms with E-state index >= 15 is 0 Å². The summed E-state index contributed by atoms with van der Waals surface area (Å²) in [6.45, 7) is 3.45. The van der Waals surface area contributed by atoms with Crippen molar-refractivity contribution in [2.24, 2.45) is 0 Å². The zero-order chi connectivity index (χ0) is 9.26. The van der Waals surface area contributed by atoms with Crippen molar-refractivity contribution in [1.82, 2.24) is 4.98 Å². The Morgan fingerprint density at radius 2 is 2.46 bits per heavy atom. The van der Waals surface area contributed by atoms with E-state index in [4.69, 9.17) is 0 Å². The molecule has 2 nitrogen and oxygen atoms in total. The van der Waals surface area contributed by atoms with Crippen LogP contribution in [0.2, 0.25) is 0 Å². The highest BCUT2D eigenvalue weighted by Gasteiger charge is 2.20. The van der Waals surface area contributed by atoms with E-state index in [2.05, 4.69) is 32.7 Å². The summed E-state index contributed by atoms with van der Waals surface area (Å²) in [5.74, 6) is 0. The zero-order valence-corrected chi connectivity index (χ0v) is 10.1. The first-order chi connectivity index (χ1) is 6.27. The molecule has 1 aromatic rings. The molecule has 1 aromatic heterocycles. The standard InChI is InChI=1S/C9H13BrN2S/c1-7-4-2-3-5-12(7)9-11-6-8(10)13-9/h6-7H,2-5H2,1H3. The molecule has 0 spiro atoms. The highest BCUT2D eigenvalue weighted by molar-refractivity contribution is 9.11. The summed E-state index contributed by atoms with van der Waals surface area (Å²) >= 11 is 5.18. The zero-order valence-electron chi connectivity index (χ0n) is 7.66. The van der Waals surface area contributed by atoms with Crippen molar-refractivity contribution in [2.75, 3.05) is 11.4 Å². The molecule has 0 amide bonds. The largest absolute Gasteiger partial charge is 0.345 e. The Morgan fingerprint density at radius 3 is 3.08 bits per heavy atom. The molecular formula is C9H13BrN2S. The Morgan fingerprint density at radius 1 is 1.62 bits per heavy atom. The SMILES string of the molecule is CC1CCCCN1c1ncc(Br)s1. The van der Waals surface area contributed by atoms with E-state index in [1.165, 1.54) is 30.9 Å². The minimum atomic E-state index is 0.659. The van der Waals surface area contributed by atoms with E-state index in [1.54, 1.807) is 11.3 Å². The molecular weight excluding hydrogens is 248 g/mol. The van der Waals surface area contributed by atoms with Gasteiger partial charge < -0.3 is 4.90 Å². The monoisotopic (exact) mass is 260 g/mol. The maximum Gasteiger partial charge on any atom is 0.186 e. The molecule has 4 heteroatoms. The Kier molecular flexibility index (Phi) is 2.89. The molecule has 0 radical (unpaired) electrons. The topological polar surface area (TPSA) is 16.1 Å². The number of hydrogen-bond donors (Lipinski definition) is 0. The van der Waals surface area contributed by atoms with Gasteiger partial charge in [0.1, 0.15) is 0 Å². The lowest BCUT2D eigenvalue weighted by molar-refractivity contribution is 0.484. The van der Waals surface area contributed by atoms with Gasteiger partial charge in [0.05, 0.1) is 9.98 Å². The van der Waals surface area contributed by atoms with Gasteiger partial charge in [-0.05, 0) is 42.1 Å². The predicted octanol–water partition coefficient (Wildman–Crippen LogP) is 3.28. The van der Waals surface area contributed by atoms with Crippen molar-refractivity contribution in [2.45, 2.75) is 32.2 Å². The number of piperidine rings is 1. The lowest BCUT2D eigenvalue weighted by atomic mass is 10.1. The molecule has 0 N–H and O–H groups in total. The van der Waals surface area contributed by atoms with Crippen molar-refractivity contribution in [1.29, 1.82) is 0 Å². The fourth-order valence-electron chi connectivity index (χ4n) is 1.76. The summed E-state index contributed by atoms with van der Waals surface area (Å²) in [6, 6.07) is 0.659. The smallest absolute Gasteiger partial charge is 0.186 e. The third-order valence-corrected chi connectivity index (χ3v) is 4.03. The van der Waals surface area contributed by atoms with E-state index in [-0.39, 0.29) is 0 Å². The van der Waals surface area contributed by atoms with Gasteiger partial charge in [-0.15, -0.1) is 0 Å². The molecule has 13 heavy (non-hydrogen) atoms. The first-order valence-corrected chi connectivity index (χ1v) is 6.26. The molecule has 2 heterocycles. The van der Waals surface area contributed by atoms with Gasteiger partial charge in [0.2, 0.25) is 0 Å². The number of thiazole rings is 1. The third-order valence-electron chi connectivity index (χ3n) is 2.51. The minimum Gasteiger partial charge on any atom is -0.345 e. The third kappa shape index (κ3) is 2.05. The summed E-state index contributed by atoms with van der Waals surface area (Å²) < 4.78 is 1.13. The van der Waals surface area contributed by atoms with Crippen LogP contribution in [0.25, 0.3) is 0 Å². The number of nitrogens with zero attached hydrogens (tertiary/aromatic N) is 2. The number of aromatic nitrogens is 1. The Bertz CT molecular complexity index is 287. The summed E-state index contributed by atoms with van der Waals surface area (Å²) in [4.78, 5) is 6.80. The lowest BCUT2D eigenvalue weighted by Gasteiger charge is -2.32. The Balaban J connectivity index is 2.14. The van der Waals surface area contributed by atoms with Crippen molar-refractivity contribution >= 4 is 32.4 Å². The molecule has 1 unspecified atom stereocenters. The average Bonchev–Trinajstić information content (AvgIpc) is 2.53. The van der Waals surface area contributed by atoms with Gasteiger partial charge in [-0.3, -0.25) is 0 Å². The number of anilines is 1. The maximum atomic E-state index is 4.39. The van der Waals surface area contributed by atoms with Gasteiger partial charge in [-0.25, -0.2) is 4.98 Å². The van der Waals surface area contributed by atoms with Crippen LogP contribution in [-0.4, -0.2) is 17.6 Å². The predicted molar refractivity (Wildman–Crippen MR) is 60.5 cm³/mol. The highest BCUT2D eigenvalue weighted by atomic mass is 79.9. The normalized spacial score (nSPS) is 23.5. The van der Waals surface area contributed by atoms with E-state index < -0.39 is 0 Å². The first kappa shape index (κ1) is 9.46. The van der Waals surface area contributed by atoms with Crippen LogP contribution in [0.3, 0.4) is 0 Å². The van der Waals surface area contributed by atoms with Gasteiger partial charge in [0, 0.05) is 12.6 Å². The second-order valence-corrected chi connectivity index (χ2v) is 5.87. The molecule has 1 saturated heterocycles. The van der Waals surface area contributed by atoms with Crippen LogP contribution in [-0.2, 0) is 0 Å². The van der Waals surface area contributed by atoms with Crippen LogP contribution in [0.5, 0.6) is 0 Å². The van der Waals surface area contributed by atoms with Gasteiger partial charge >= 0.3 is 0 Å². The van der Waals surface area contributed by atoms with Crippen molar-refractivity contribution in [3.8, 4) is 0 Å². The van der Waals surface area contributed by atoms with Crippen LogP contribution in [0, 0.1) is 0 Å². The van der Waals surface area contributed by atoms with Crippen molar-refractivity contribution in [3.63, 3.8) is 0 Å². The van der Waals surface area contributed by atoms with E-state index in [0.717, 1.165) is 3.79 Å². The minimum absolute atomic E-state index is 0.659. The Labute approximate surface area is 91.1 Å². The second-order valence-electron chi connectivity index (χ2n) is 3.49. The fraction of sp³-hybridized carbons (Fsp3) is 0.667. The molecule has 72 valence electrons. The quantitative estimate of drug-likeness (QED) is 0.771. The van der Waals surface area contributed by atoms with Gasteiger partial charge in [0.15, 0.2) is 5.13 Å². The van der Waals surface area contributed by atoms with Crippen LogP contribution in [0.4, 0.5) is 5.13 Å². The first-order valence-electron chi connectivity index (χ1n) is 4.65. The molecule has 0 aliphatic carbocycles. The van der Waals surface area contributed by atoms with E-state index in [0.29, 0.717) is 6.04 Å². The summed E-state index contributed by atoms with van der Waals surface area (Å²) in [6.07, 6.45) is 5.87. The summed E-state index contributed by atoms with van der Waals surface area (Å²) in [7, 11) is 0. The average molecular weight is 261 g/mol. The molecule has 1 atom stereocenters. The summed E-state index contributed by atoms with van der Waals surface area (Å²) in [5.41, 5.74) is 0. The number of rotatable bonds is 1. The second kappa shape index (κ2) is 3.96. The maximum absolute atomic E-state index is 4.39. The van der Waals surface area contributed by atoms with Gasteiger partial charge in [-0.2, -0.15) is 0 Å². The number of halogens is 1. The van der Waals surface area contributed by atoms with Gasteiger partial charge in [-0.1, -0.05) is 11.3 Å². The van der Waals surface area contributed by atoms with E-state index in [1.807, 2.05) is 6.20 Å². The van der Waals surface area contributed by atoms with Crippen LogP contribution in [0.1, 0.15) is 26.2 Å². The van der Waals surface area contributed by atoms with Crippen LogP contribution < -0.4 is 4.90 Å². The molecule has 0 saturated carbocycles. The molecule has 0 bridgehead atoms. The molecule has 2 rings (SSSR count). The van der Waals surface area contributed by atoms with Gasteiger partial charge in [0.25, 0.3) is 0 Å². The lowest BCUT2D eigenvalue weighted by Crippen LogP contribution is -2.37. The highest BCUT2D eigenvalue weighted by Crippen LogP contribution is 2.30. The molecule has 1 aliphatic rings. The Hall–Kier alpha value is -0.0900. The van der Waals surface area contributed by atoms with Crippen molar-refractivity contribution in [3.05, 3.63) is 9.98 Å². The molecule has 1 fully saturated rings. The van der Waals surface area contributed by atoms with Crippen LogP contribution >= 0.6 is 27.3 Å². The molecule has 0 aromatic carbocycles. The number of hydrogen-bond acceptors (Lipinski definition) is 3. The van der Waals surface area contributed by atoms with Crippen LogP contribution in [0.15, 0.2) is 9.98 Å². The van der Waals surface area contributed by atoms with E-state index in [9.17, 15) is 0 Å². The van der Waals surface area contributed by atoms with Crippen molar-refractivity contribution < 1.29 is 0 Å². The summed E-state index contributed by atoms with van der Waals surface area (Å²) in [5, 5.41) is 1.17. The fourth-order valence-corrected chi connectivity index (χ4v) is 3.07.